The van der Waals surface area contributed by atoms with Gasteiger partial charge in [-0.2, -0.15) is 0 Å². The minimum absolute atomic E-state index is 1.32. The van der Waals surface area contributed by atoms with Crippen LogP contribution in [0.5, 0.6) is 0 Å². The van der Waals surface area contributed by atoms with Crippen LogP contribution in [-0.2, 0) is 0 Å². The van der Waals surface area contributed by atoms with Crippen molar-refractivity contribution in [3.05, 3.63) is 24.3 Å². The van der Waals surface area contributed by atoms with Crippen molar-refractivity contribution in [1.82, 2.24) is 0 Å². The molecule has 0 saturated carbocycles. The molecule has 0 spiro atoms. The van der Waals surface area contributed by atoms with E-state index in [4.69, 9.17) is 0 Å². The van der Waals surface area contributed by atoms with E-state index in [0.717, 1.165) is 0 Å². The summed E-state index contributed by atoms with van der Waals surface area (Å²) in [6, 6.07) is 0. The largest absolute Gasteiger partial charge is 0.0885 e. The first-order valence-corrected chi connectivity index (χ1v) is 6.30. The third-order valence-corrected chi connectivity index (χ3v) is 2.32. The molecule has 0 aromatic rings. The second-order valence-electron chi connectivity index (χ2n) is 3.51. The number of hydrogen-bond donors (Lipinski definition) is 0. The monoisotopic (exact) mass is 194 g/mol. The maximum atomic E-state index is 2.27. The Morgan fingerprint density at radius 3 is 0.786 bits per heavy atom. The summed E-state index contributed by atoms with van der Waals surface area (Å²) in [6.45, 7) is 4.00. The second-order valence-corrected chi connectivity index (χ2v) is 3.51. The fourth-order valence-electron chi connectivity index (χ4n) is 1.52. The molecule has 0 radical (unpaired) electrons. The summed E-state index contributed by atoms with van der Waals surface area (Å²) in [5, 5.41) is 0. The van der Waals surface area contributed by atoms with Crippen molar-refractivity contribution in [3.8, 4) is 0 Å². The van der Waals surface area contributed by atoms with E-state index in [9.17, 15) is 0 Å². The van der Waals surface area contributed by atoms with Crippen LogP contribution in [0.25, 0.3) is 0 Å². The minimum atomic E-state index is 1.32. The summed E-state index contributed by atoms with van der Waals surface area (Å²) in [6.07, 6.45) is 20.0. The molecule has 0 amide bonds. The van der Waals surface area contributed by atoms with E-state index in [1.54, 1.807) is 0 Å². The Hall–Kier alpha value is -0.520. The van der Waals surface area contributed by atoms with Gasteiger partial charge < -0.3 is 0 Å². The van der Waals surface area contributed by atoms with Gasteiger partial charge in [0.25, 0.3) is 0 Å². The van der Waals surface area contributed by atoms with Crippen LogP contribution in [0.15, 0.2) is 24.3 Å². The zero-order valence-corrected chi connectivity index (χ0v) is 9.97. The van der Waals surface area contributed by atoms with Crippen molar-refractivity contribution in [2.24, 2.45) is 0 Å². The van der Waals surface area contributed by atoms with Crippen LogP contribution in [-0.4, -0.2) is 0 Å². The molecular formula is C14H26. The van der Waals surface area contributed by atoms with Crippen molar-refractivity contribution in [2.45, 2.75) is 65.2 Å². The highest BCUT2D eigenvalue weighted by Crippen LogP contribution is 2.07. The van der Waals surface area contributed by atoms with Gasteiger partial charge >= 0.3 is 0 Å². The molecular weight excluding hydrogens is 168 g/mol. The van der Waals surface area contributed by atoms with Gasteiger partial charge in [0.05, 0.1) is 0 Å². The van der Waals surface area contributed by atoms with Gasteiger partial charge in [0.1, 0.15) is 0 Å². The standard InChI is InChI=1S/2C6H10.C2H6/c2*1-2-4-6-5-3-1;1-2/h2*1-2H,3-6H2;1-2H3. The van der Waals surface area contributed by atoms with Crippen LogP contribution >= 0.6 is 0 Å². The summed E-state index contributed by atoms with van der Waals surface area (Å²) in [7, 11) is 0. The van der Waals surface area contributed by atoms with Gasteiger partial charge in [-0.25, -0.2) is 0 Å². The quantitative estimate of drug-likeness (QED) is 0.461. The zero-order valence-electron chi connectivity index (χ0n) is 9.97. The van der Waals surface area contributed by atoms with Gasteiger partial charge in [0.15, 0.2) is 0 Å². The average Bonchev–Trinajstić information content (AvgIpc) is 2.37. The normalized spacial score (nSPS) is 18.7. The lowest BCUT2D eigenvalue weighted by atomic mass is 10.1. The molecule has 0 heteroatoms. The first-order valence-electron chi connectivity index (χ1n) is 6.30. The summed E-state index contributed by atoms with van der Waals surface area (Å²) in [5.41, 5.74) is 0. The molecule has 82 valence electrons. The molecule has 0 heterocycles. The van der Waals surface area contributed by atoms with Gasteiger partial charge in [-0.05, 0) is 51.4 Å². The van der Waals surface area contributed by atoms with Crippen LogP contribution in [0.2, 0.25) is 0 Å². The molecule has 0 aromatic carbocycles. The Kier molecular flexibility index (Phi) is 12.0. The molecule has 2 rings (SSSR count). The topological polar surface area (TPSA) is 0 Å². The highest BCUT2D eigenvalue weighted by atomic mass is 13.9. The average molecular weight is 194 g/mol. The van der Waals surface area contributed by atoms with Gasteiger partial charge in [-0.15, -0.1) is 0 Å². The molecule has 0 N–H and O–H groups in total. The van der Waals surface area contributed by atoms with Crippen molar-refractivity contribution in [3.63, 3.8) is 0 Å². The van der Waals surface area contributed by atoms with Crippen LogP contribution in [0, 0.1) is 0 Å². The van der Waals surface area contributed by atoms with Crippen LogP contribution in [0.4, 0.5) is 0 Å². The smallest absolute Gasteiger partial charge is 0.0351 e. The van der Waals surface area contributed by atoms with Gasteiger partial charge in [0.2, 0.25) is 0 Å². The predicted molar refractivity (Wildman–Crippen MR) is 66.6 cm³/mol. The molecule has 2 aliphatic carbocycles. The van der Waals surface area contributed by atoms with E-state index in [0.29, 0.717) is 0 Å². The highest BCUT2D eigenvalue weighted by molar-refractivity contribution is 4.85. The van der Waals surface area contributed by atoms with E-state index in [1.807, 2.05) is 13.8 Å². The molecule has 0 nitrogen and oxygen atoms in total. The molecule has 0 atom stereocenters. The molecule has 0 bridgehead atoms. The molecule has 0 aliphatic heterocycles. The zero-order chi connectivity index (χ0) is 10.5. The number of hydrogen-bond acceptors (Lipinski definition) is 0. The van der Waals surface area contributed by atoms with Crippen LogP contribution in [0.3, 0.4) is 0 Å². The molecule has 14 heavy (non-hydrogen) atoms. The maximum Gasteiger partial charge on any atom is -0.0351 e. The second kappa shape index (κ2) is 12.5. The lowest BCUT2D eigenvalue weighted by Crippen LogP contribution is -1.77. The first-order chi connectivity index (χ1) is 7.00. The summed E-state index contributed by atoms with van der Waals surface area (Å²) in [4.78, 5) is 0. The lowest BCUT2D eigenvalue weighted by molar-refractivity contribution is 0.730. The molecule has 0 unspecified atom stereocenters. The highest BCUT2D eigenvalue weighted by Gasteiger charge is 1.87. The Bertz CT molecular complexity index is 108. The molecule has 2 aliphatic rings. The van der Waals surface area contributed by atoms with E-state index in [-0.39, 0.29) is 0 Å². The third-order valence-electron chi connectivity index (χ3n) is 2.32. The fourth-order valence-corrected chi connectivity index (χ4v) is 1.52. The molecule has 0 aromatic heterocycles. The third kappa shape index (κ3) is 9.57. The van der Waals surface area contributed by atoms with Crippen molar-refractivity contribution < 1.29 is 0 Å². The Balaban J connectivity index is 0.000000206. The maximum absolute atomic E-state index is 2.27. The summed E-state index contributed by atoms with van der Waals surface area (Å²) in [5.74, 6) is 0. The summed E-state index contributed by atoms with van der Waals surface area (Å²) >= 11 is 0. The lowest BCUT2D eigenvalue weighted by Gasteiger charge is -1.97. The van der Waals surface area contributed by atoms with E-state index < -0.39 is 0 Å². The van der Waals surface area contributed by atoms with Gasteiger partial charge in [0, 0.05) is 0 Å². The van der Waals surface area contributed by atoms with Crippen molar-refractivity contribution in [2.75, 3.05) is 0 Å². The van der Waals surface area contributed by atoms with Crippen molar-refractivity contribution in [1.29, 1.82) is 0 Å². The van der Waals surface area contributed by atoms with E-state index in [1.165, 1.54) is 51.4 Å². The van der Waals surface area contributed by atoms with Gasteiger partial charge in [-0.3, -0.25) is 0 Å². The predicted octanol–water partition coefficient (Wildman–Crippen LogP) is 5.26. The van der Waals surface area contributed by atoms with E-state index in [2.05, 4.69) is 24.3 Å². The van der Waals surface area contributed by atoms with Crippen molar-refractivity contribution >= 4 is 0 Å². The number of allylic oxidation sites excluding steroid dienone is 4. The van der Waals surface area contributed by atoms with Crippen LogP contribution < -0.4 is 0 Å². The minimum Gasteiger partial charge on any atom is -0.0885 e. The first kappa shape index (κ1) is 13.5. The van der Waals surface area contributed by atoms with E-state index >= 15 is 0 Å². The SMILES string of the molecule is C1=CCCCC1.C1=CCCCC1.CC. The Morgan fingerprint density at radius 1 is 0.500 bits per heavy atom. The number of rotatable bonds is 0. The fraction of sp³-hybridized carbons (Fsp3) is 0.714. The molecule has 0 saturated heterocycles. The molecule has 0 fully saturated rings. The van der Waals surface area contributed by atoms with Crippen LogP contribution in [0.1, 0.15) is 65.2 Å². The van der Waals surface area contributed by atoms with Gasteiger partial charge in [-0.1, -0.05) is 38.2 Å². The summed E-state index contributed by atoms with van der Waals surface area (Å²) < 4.78 is 0. The Labute approximate surface area is 90.1 Å². The Morgan fingerprint density at radius 2 is 0.714 bits per heavy atom.